The molecular formula is C24H21BrN2O5S. The number of halogens is 1. The summed E-state index contributed by atoms with van der Waals surface area (Å²) in [5.74, 6) is 0.201. The van der Waals surface area contributed by atoms with Gasteiger partial charge in [-0.3, -0.25) is 9.36 Å². The molecule has 1 aliphatic heterocycles. The third-order valence-electron chi connectivity index (χ3n) is 5.22. The van der Waals surface area contributed by atoms with Crippen LogP contribution in [0.25, 0.3) is 6.08 Å². The van der Waals surface area contributed by atoms with E-state index in [1.807, 2.05) is 12.1 Å². The Hall–Kier alpha value is -3.17. The topological polar surface area (TPSA) is 90.1 Å². The lowest BCUT2D eigenvalue weighted by atomic mass is 9.96. The molecule has 1 unspecified atom stereocenters. The van der Waals surface area contributed by atoms with Gasteiger partial charge in [0.1, 0.15) is 11.5 Å². The van der Waals surface area contributed by atoms with Gasteiger partial charge < -0.3 is 14.6 Å². The van der Waals surface area contributed by atoms with Gasteiger partial charge >= 0.3 is 5.97 Å². The summed E-state index contributed by atoms with van der Waals surface area (Å²) in [5.41, 5.74) is 1.72. The summed E-state index contributed by atoms with van der Waals surface area (Å²) in [4.78, 5) is 31.4. The number of nitrogens with zero attached hydrogens (tertiary/aromatic N) is 2. The average Bonchev–Trinajstić information content (AvgIpc) is 3.10. The molecule has 0 fully saturated rings. The molecular weight excluding hydrogens is 508 g/mol. The van der Waals surface area contributed by atoms with Gasteiger partial charge in [0, 0.05) is 10.0 Å². The number of aromatic nitrogens is 1. The zero-order chi connectivity index (χ0) is 23.7. The summed E-state index contributed by atoms with van der Waals surface area (Å²) in [6.07, 6.45) is 1.62. The molecule has 33 heavy (non-hydrogen) atoms. The van der Waals surface area contributed by atoms with Crippen molar-refractivity contribution in [2.45, 2.75) is 19.9 Å². The van der Waals surface area contributed by atoms with Crippen LogP contribution in [0.5, 0.6) is 11.5 Å². The molecule has 9 heteroatoms. The Morgan fingerprint density at radius 3 is 2.67 bits per heavy atom. The minimum absolute atomic E-state index is 0.0548. The number of benzene rings is 2. The Morgan fingerprint density at radius 1 is 1.27 bits per heavy atom. The molecule has 0 saturated carbocycles. The highest BCUT2D eigenvalue weighted by molar-refractivity contribution is 9.10. The van der Waals surface area contributed by atoms with Crippen LogP contribution in [0.1, 0.15) is 31.0 Å². The van der Waals surface area contributed by atoms with Gasteiger partial charge in [0.15, 0.2) is 4.80 Å². The smallest absolute Gasteiger partial charge is 0.338 e. The molecule has 0 spiro atoms. The number of ether oxygens (including phenoxy) is 2. The van der Waals surface area contributed by atoms with Crippen LogP contribution in [-0.2, 0) is 9.53 Å². The zero-order valence-electron chi connectivity index (χ0n) is 18.2. The van der Waals surface area contributed by atoms with Gasteiger partial charge in [0.25, 0.3) is 5.56 Å². The van der Waals surface area contributed by atoms with E-state index in [1.54, 1.807) is 57.4 Å². The third kappa shape index (κ3) is 4.38. The van der Waals surface area contributed by atoms with Crippen LogP contribution < -0.4 is 19.6 Å². The lowest BCUT2D eigenvalue weighted by Crippen LogP contribution is -2.39. The van der Waals surface area contributed by atoms with E-state index in [4.69, 9.17) is 9.47 Å². The van der Waals surface area contributed by atoms with E-state index < -0.39 is 12.0 Å². The van der Waals surface area contributed by atoms with Crippen LogP contribution in [-0.4, -0.2) is 29.4 Å². The molecule has 1 aliphatic rings. The summed E-state index contributed by atoms with van der Waals surface area (Å²) in [6.45, 7) is 3.67. The van der Waals surface area contributed by atoms with Crippen LogP contribution >= 0.6 is 27.3 Å². The second-order valence-electron chi connectivity index (χ2n) is 7.28. The van der Waals surface area contributed by atoms with Crippen molar-refractivity contribution in [3.63, 3.8) is 0 Å². The van der Waals surface area contributed by atoms with Gasteiger partial charge in [-0.05, 0) is 55.8 Å². The standard InChI is InChI=1S/C24H21BrN2O5S/c1-4-32-23(30)20-13(2)26-24-27(21(20)14-5-8-17(31-3)9-6-14)22(29)19(33-24)12-15-11-16(25)7-10-18(15)28/h5-12,21,28H,4H2,1-3H3/b19-12-. The largest absolute Gasteiger partial charge is 0.507 e. The summed E-state index contributed by atoms with van der Waals surface area (Å²) in [6, 6.07) is 11.5. The molecule has 1 atom stereocenters. The Kier molecular flexibility index (Phi) is 6.53. The lowest BCUT2D eigenvalue weighted by Gasteiger charge is -2.24. The van der Waals surface area contributed by atoms with E-state index >= 15 is 0 Å². The summed E-state index contributed by atoms with van der Waals surface area (Å²) in [7, 11) is 1.57. The number of fused-ring (bicyclic) bond motifs is 1. The molecule has 0 amide bonds. The van der Waals surface area contributed by atoms with Gasteiger partial charge in [-0.25, -0.2) is 9.79 Å². The van der Waals surface area contributed by atoms with Crippen molar-refractivity contribution in [3.8, 4) is 11.5 Å². The number of carbonyl (C=O) groups excluding carboxylic acids is 1. The molecule has 170 valence electrons. The number of phenolic OH excluding ortho intramolecular Hbond substituents is 1. The fourth-order valence-electron chi connectivity index (χ4n) is 3.68. The minimum Gasteiger partial charge on any atom is -0.507 e. The maximum Gasteiger partial charge on any atom is 0.338 e. The van der Waals surface area contributed by atoms with Crippen molar-refractivity contribution < 1.29 is 19.4 Å². The van der Waals surface area contributed by atoms with Crippen LogP contribution in [0, 0.1) is 0 Å². The van der Waals surface area contributed by atoms with Crippen LogP contribution in [0.4, 0.5) is 0 Å². The monoisotopic (exact) mass is 528 g/mol. The second-order valence-corrected chi connectivity index (χ2v) is 9.20. The normalized spacial score (nSPS) is 15.8. The van der Waals surface area contributed by atoms with Gasteiger partial charge in [0.05, 0.1) is 35.6 Å². The molecule has 0 aliphatic carbocycles. The van der Waals surface area contributed by atoms with Crippen molar-refractivity contribution in [1.29, 1.82) is 0 Å². The number of thiazole rings is 1. The van der Waals surface area contributed by atoms with E-state index in [2.05, 4.69) is 20.9 Å². The number of allylic oxidation sites excluding steroid dienone is 1. The summed E-state index contributed by atoms with van der Waals surface area (Å²) >= 11 is 4.58. The highest BCUT2D eigenvalue weighted by Gasteiger charge is 2.33. The average molecular weight is 529 g/mol. The summed E-state index contributed by atoms with van der Waals surface area (Å²) < 4.78 is 13.2. The third-order valence-corrected chi connectivity index (χ3v) is 6.70. The first-order valence-corrected chi connectivity index (χ1v) is 11.8. The fraction of sp³-hybridized carbons (Fsp3) is 0.208. The molecule has 0 saturated heterocycles. The van der Waals surface area contributed by atoms with E-state index in [0.717, 1.165) is 10.0 Å². The van der Waals surface area contributed by atoms with Gasteiger partial charge in [-0.15, -0.1) is 0 Å². The zero-order valence-corrected chi connectivity index (χ0v) is 20.6. The van der Waals surface area contributed by atoms with Crippen LogP contribution in [0.2, 0.25) is 0 Å². The SMILES string of the molecule is CCOC(=O)C1=C(C)N=c2s/c(=C\c3cc(Br)ccc3O)c(=O)n2C1c1ccc(OC)cc1. The number of hydrogen-bond acceptors (Lipinski definition) is 7. The number of phenols is 1. The molecule has 3 aromatic rings. The van der Waals surface area contributed by atoms with Crippen molar-refractivity contribution in [2.75, 3.05) is 13.7 Å². The molecule has 7 nitrogen and oxygen atoms in total. The molecule has 2 aromatic carbocycles. The van der Waals surface area contributed by atoms with Crippen LogP contribution in [0.15, 0.2) is 68.0 Å². The van der Waals surface area contributed by atoms with Crippen molar-refractivity contribution in [1.82, 2.24) is 4.57 Å². The number of hydrogen-bond donors (Lipinski definition) is 1. The highest BCUT2D eigenvalue weighted by atomic mass is 79.9. The van der Waals surface area contributed by atoms with Crippen molar-refractivity contribution in [3.05, 3.63) is 89.0 Å². The van der Waals surface area contributed by atoms with Gasteiger partial charge in [-0.1, -0.05) is 39.4 Å². The quantitative estimate of drug-likeness (QED) is 0.513. The summed E-state index contributed by atoms with van der Waals surface area (Å²) in [5, 5.41) is 10.2. The number of rotatable bonds is 5. The Balaban J connectivity index is 1.96. The minimum atomic E-state index is -0.704. The number of esters is 1. The first-order valence-electron chi connectivity index (χ1n) is 10.2. The number of methoxy groups -OCH3 is 1. The van der Waals surface area contributed by atoms with Crippen LogP contribution in [0.3, 0.4) is 0 Å². The maximum atomic E-state index is 13.5. The number of aromatic hydroxyl groups is 1. The molecule has 0 bridgehead atoms. The van der Waals surface area contributed by atoms with Gasteiger partial charge in [-0.2, -0.15) is 0 Å². The fourth-order valence-corrected chi connectivity index (χ4v) is 5.09. The van der Waals surface area contributed by atoms with E-state index in [-0.39, 0.29) is 17.9 Å². The lowest BCUT2D eigenvalue weighted by molar-refractivity contribution is -0.139. The maximum absolute atomic E-state index is 13.5. The Labute approximate surface area is 202 Å². The first kappa shape index (κ1) is 23.0. The second kappa shape index (κ2) is 9.36. The molecule has 0 radical (unpaired) electrons. The molecule has 2 heterocycles. The van der Waals surface area contributed by atoms with Crippen molar-refractivity contribution >= 4 is 39.3 Å². The molecule has 4 rings (SSSR count). The highest BCUT2D eigenvalue weighted by Crippen LogP contribution is 2.31. The molecule has 1 aromatic heterocycles. The van der Waals surface area contributed by atoms with Gasteiger partial charge in [0.2, 0.25) is 0 Å². The number of carbonyl (C=O) groups is 1. The predicted molar refractivity (Wildman–Crippen MR) is 129 cm³/mol. The first-order chi connectivity index (χ1) is 15.8. The predicted octanol–water partition coefficient (Wildman–Crippen LogP) is 3.28. The van der Waals surface area contributed by atoms with E-state index in [0.29, 0.717) is 31.9 Å². The van der Waals surface area contributed by atoms with E-state index in [1.165, 1.54) is 15.9 Å². The Bertz CT molecular complexity index is 1440. The Morgan fingerprint density at radius 2 is 2.00 bits per heavy atom. The molecule has 1 N–H and O–H groups in total. The van der Waals surface area contributed by atoms with E-state index in [9.17, 15) is 14.7 Å². The van der Waals surface area contributed by atoms with Crippen molar-refractivity contribution in [2.24, 2.45) is 4.99 Å².